The third-order valence-electron chi connectivity index (χ3n) is 1.84. The summed E-state index contributed by atoms with van der Waals surface area (Å²) >= 11 is 0.984. The Balaban J connectivity index is 2.46. The van der Waals surface area contributed by atoms with Crippen LogP contribution in [0, 0.1) is 5.82 Å². The number of carboxylic acid groups (broad SMARTS) is 1. The van der Waals surface area contributed by atoms with E-state index in [0.29, 0.717) is 11.3 Å². The van der Waals surface area contributed by atoms with E-state index in [1.807, 2.05) is 0 Å². The van der Waals surface area contributed by atoms with Gasteiger partial charge in [0.1, 0.15) is 5.82 Å². The van der Waals surface area contributed by atoms with E-state index < -0.39 is 11.8 Å². The number of rotatable bonds is 2. The summed E-state index contributed by atoms with van der Waals surface area (Å²) in [5, 5.41) is 10.2. The molecule has 0 bridgehead atoms. The van der Waals surface area contributed by atoms with Gasteiger partial charge in [-0.3, -0.25) is 0 Å². The molecule has 0 saturated heterocycles. The lowest BCUT2D eigenvalue weighted by Crippen LogP contribution is -1.94. The summed E-state index contributed by atoms with van der Waals surface area (Å²) in [5.41, 5.74) is 0.678. The van der Waals surface area contributed by atoms with Crippen molar-refractivity contribution in [2.24, 2.45) is 0 Å². The van der Waals surface area contributed by atoms with Gasteiger partial charge in [-0.25, -0.2) is 14.2 Å². The van der Waals surface area contributed by atoms with Crippen LogP contribution in [0.5, 0.6) is 0 Å². The van der Waals surface area contributed by atoms with Crippen LogP contribution in [0.25, 0.3) is 11.3 Å². The van der Waals surface area contributed by atoms with Gasteiger partial charge in [0.2, 0.25) is 5.01 Å². The summed E-state index contributed by atoms with van der Waals surface area (Å²) in [4.78, 5) is 14.4. The van der Waals surface area contributed by atoms with Crippen molar-refractivity contribution in [2.75, 3.05) is 0 Å². The maximum Gasteiger partial charge on any atom is 0.365 e. The molecule has 0 aliphatic heterocycles. The summed E-state index contributed by atoms with van der Waals surface area (Å²) in [6, 6.07) is 6.13. The van der Waals surface area contributed by atoms with Crippen molar-refractivity contribution in [3.8, 4) is 11.3 Å². The molecule has 2 rings (SSSR count). The van der Waals surface area contributed by atoms with Gasteiger partial charge < -0.3 is 5.11 Å². The molecular formula is C10H6FNO2S. The molecule has 0 aliphatic rings. The Morgan fingerprint density at radius 3 is 2.73 bits per heavy atom. The van der Waals surface area contributed by atoms with Crippen LogP contribution < -0.4 is 0 Å². The van der Waals surface area contributed by atoms with Gasteiger partial charge in [-0.15, -0.1) is 11.3 Å². The smallest absolute Gasteiger partial charge is 0.365 e. The maximum atomic E-state index is 13.3. The predicted octanol–water partition coefficient (Wildman–Crippen LogP) is 2.65. The first kappa shape index (κ1) is 9.79. The van der Waals surface area contributed by atoms with Gasteiger partial charge in [0, 0.05) is 10.9 Å². The number of benzene rings is 1. The van der Waals surface area contributed by atoms with Crippen molar-refractivity contribution in [3.63, 3.8) is 0 Å². The lowest BCUT2D eigenvalue weighted by Gasteiger charge is -1.96. The fraction of sp³-hybridized carbons (Fsp3) is 0. The summed E-state index contributed by atoms with van der Waals surface area (Å²) < 4.78 is 13.3. The molecule has 0 atom stereocenters. The molecule has 76 valence electrons. The Kier molecular flexibility index (Phi) is 2.47. The number of halogens is 1. The Hall–Kier alpha value is -1.75. The summed E-state index contributed by atoms with van der Waals surface area (Å²) in [5.74, 6) is -1.50. The minimum absolute atomic E-state index is 0.0340. The van der Waals surface area contributed by atoms with Gasteiger partial charge in [-0.05, 0) is 12.1 Å². The second-order valence-electron chi connectivity index (χ2n) is 2.82. The Morgan fingerprint density at radius 2 is 2.13 bits per heavy atom. The SMILES string of the molecule is O=C(O)c1nc(-c2ccccc2F)cs1. The molecule has 0 amide bonds. The van der Waals surface area contributed by atoms with Crippen molar-refractivity contribution in [3.05, 3.63) is 40.5 Å². The predicted molar refractivity (Wildman–Crippen MR) is 54.5 cm³/mol. The third-order valence-corrected chi connectivity index (χ3v) is 2.67. The number of hydrogen-bond donors (Lipinski definition) is 1. The largest absolute Gasteiger partial charge is 0.476 e. The number of aromatic carboxylic acids is 1. The molecule has 3 nitrogen and oxygen atoms in total. The van der Waals surface area contributed by atoms with Gasteiger partial charge in [0.25, 0.3) is 0 Å². The molecule has 0 fully saturated rings. The average molecular weight is 223 g/mol. The number of aromatic nitrogens is 1. The van der Waals surface area contributed by atoms with E-state index in [-0.39, 0.29) is 5.01 Å². The highest BCUT2D eigenvalue weighted by Gasteiger charge is 2.12. The molecule has 1 aromatic heterocycles. The molecule has 0 spiro atoms. The Bertz CT molecular complexity index is 510. The van der Waals surface area contributed by atoms with Crippen molar-refractivity contribution in [2.45, 2.75) is 0 Å². The van der Waals surface area contributed by atoms with E-state index in [4.69, 9.17) is 5.11 Å². The number of hydrogen-bond acceptors (Lipinski definition) is 3. The molecule has 0 aliphatic carbocycles. The standard InChI is InChI=1S/C10H6FNO2S/c11-7-4-2-1-3-6(7)8-5-15-9(12-8)10(13)14/h1-5H,(H,13,14). The highest BCUT2D eigenvalue weighted by atomic mass is 32.1. The molecule has 0 radical (unpaired) electrons. The lowest BCUT2D eigenvalue weighted by atomic mass is 10.2. The second-order valence-corrected chi connectivity index (χ2v) is 3.68. The van der Waals surface area contributed by atoms with E-state index in [9.17, 15) is 9.18 Å². The van der Waals surface area contributed by atoms with Crippen LogP contribution in [0.15, 0.2) is 29.6 Å². The quantitative estimate of drug-likeness (QED) is 0.851. The third kappa shape index (κ3) is 1.87. The van der Waals surface area contributed by atoms with E-state index in [0.717, 1.165) is 11.3 Å². The van der Waals surface area contributed by atoms with Crippen LogP contribution in [0.4, 0.5) is 4.39 Å². The normalized spacial score (nSPS) is 10.2. The number of carbonyl (C=O) groups is 1. The van der Waals surface area contributed by atoms with Crippen molar-refractivity contribution in [1.29, 1.82) is 0 Å². The van der Waals surface area contributed by atoms with Gasteiger partial charge in [0.05, 0.1) is 5.69 Å². The highest BCUT2D eigenvalue weighted by Crippen LogP contribution is 2.24. The van der Waals surface area contributed by atoms with E-state index in [1.54, 1.807) is 18.2 Å². The van der Waals surface area contributed by atoms with Crippen LogP contribution in [0.3, 0.4) is 0 Å². The van der Waals surface area contributed by atoms with Crippen molar-refractivity contribution >= 4 is 17.3 Å². The van der Waals surface area contributed by atoms with E-state index >= 15 is 0 Å². The van der Waals surface area contributed by atoms with Gasteiger partial charge >= 0.3 is 5.97 Å². The molecule has 2 aromatic rings. The number of nitrogens with zero attached hydrogens (tertiary/aromatic N) is 1. The van der Waals surface area contributed by atoms with Crippen LogP contribution in [-0.2, 0) is 0 Å². The molecule has 0 saturated carbocycles. The highest BCUT2D eigenvalue weighted by molar-refractivity contribution is 7.11. The van der Waals surface area contributed by atoms with Crippen molar-refractivity contribution in [1.82, 2.24) is 4.98 Å². The first-order chi connectivity index (χ1) is 7.18. The van der Waals surface area contributed by atoms with Crippen LogP contribution in [0.1, 0.15) is 9.80 Å². The number of carboxylic acids is 1. The fourth-order valence-electron chi connectivity index (χ4n) is 1.16. The summed E-state index contributed by atoms with van der Waals surface area (Å²) in [7, 11) is 0. The molecular weight excluding hydrogens is 217 g/mol. The van der Waals surface area contributed by atoms with Gasteiger partial charge in [-0.2, -0.15) is 0 Å². The molecule has 0 unspecified atom stereocenters. The van der Waals surface area contributed by atoms with Crippen LogP contribution in [0.2, 0.25) is 0 Å². The zero-order chi connectivity index (χ0) is 10.8. The minimum Gasteiger partial charge on any atom is -0.476 e. The Labute approximate surface area is 88.8 Å². The van der Waals surface area contributed by atoms with Crippen LogP contribution >= 0.6 is 11.3 Å². The van der Waals surface area contributed by atoms with Gasteiger partial charge in [-0.1, -0.05) is 12.1 Å². The zero-order valence-electron chi connectivity index (χ0n) is 7.48. The minimum atomic E-state index is -1.09. The zero-order valence-corrected chi connectivity index (χ0v) is 8.29. The first-order valence-electron chi connectivity index (χ1n) is 4.12. The first-order valence-corrected chi connectivity index (χ1v) is 5.00. The Morgan fingerprint density at radius 1 is 1.40 bits per heavy atom. The fourth-order valence-corrected chi connectivity index (χ4v) is 1.82. The molecule has 1 N–H and O–H groups in total. The van der Waals surface area contributed by atoms with Crippen molar-refractivity contribution < 1.29 is 14.3 Å². The number of thiazole rings is 1. The monoisotopic (exact) mass is 223 g/mol. The topological polar surface area (TPSA) is 50.2 Å². The molecule has 1 aromatic carbocycles. The van der Waals surface area contributed by atoms with E-state index in [2.05, 4.69) is 4.98 Å². The maximum absolute atomic E-state index is 13.3. The lowest BCUT2D eigenvalue weighted by molar-refractivity contribution is 0.0696. The average Bonchev–Trinajstić information content (AvgIpc) is 2.67. The molecule has 5 heteroatoms. The van der Waals surface area contributed by atoms with Crippen LogP contribution in [-0.4, -0.2) is 16.1 Å². The van der Waals surface area contributed by atoms with E-state index in [1.165, 1.54) is 11.4 Å². The molecule has 1 heterocycles. The van der Waals surface area contributed by atoms with Gasteiger partial charge in [0.15, 0.2) is 0 Å². The molecule has 15 heavy (non-hydrogen) atoms. The second kappa shape index (κ2) is 3.78. The summed E-state index contributed by atoms with van der Waals surface area (Å²) in [6.07, 6.45) is 0. The summed E-state index contributed by atoms with van der Waals surface area (Å²) in [6.45, 7) is 0.